The lowest BCUT2D eigenvalue weighted by Crippen LogP contribution is -2.38. The SMILES string of the molecule is O=C(Nc1ccc(F)cc1)C1CCN(c2cnc3ccccc3n2)CC1. The largest absolute Gasteiger partial charge is 0.355 e. The van der Waals surface area contributed by atoms with Crippen LogP contribution in [-0.4, -0.2) is 29.0 Å². The van der Waals surface area contributed by atoms with Gasteiger partial charge in [-0.25, -0.2) is 9.37 Å². The Morgan fingerprint density at radius 1 is 1.04 bits per heavy atom. The summed E-state index contributed by atoms with van der Waals surface area (Å²) in [6, 6.07) is 13.6. The zero-order valence-electron chi connectivity index (χ0n) is 14.2. The number of benzene rings is 2. The Hall–Kier alpha value is -3.02. The third-order valence-electron chi connectivity index (χ3n) is 4.74. The lowest BCUT2D eigenvalue weighted by Gasteiger charge is -2.32. The first-order chi connectivity index (χ1) is 12.7. The Bertz CT molecular complexity index is 921. The van der Waals surface area contributed by atoms with Gasteiger partial charge in [0.25, 0.3) is 0 Å². The average molecular weight is 350 g/mol. The van der Waals surface area contributed by atoms with E-state index < -0.39 is 0 Å². The summed E-state index contributed by atoms with van der Waals surface area (Å²) in [4.78, 5) is 23.7. The maximum absolute atomic E-state index is 13.0. The number of rotatable bonds is 3. The van der Waals surface area contributed by atoms with Crippen molar-refractivity contribution in [2.24, 2.45) is 5.92 Å². The lowest BCUT2D eigenvalue weighted by atomic mass is 9.96. The summed E-state index contributed by atoms with van der Waals surface area (Å²) in [5.74, 6) is 0.472. The number of nitrogens with zero attached hydrogens (tertiary/aromatic N) is 3. The van der Waals surface area contributed by atoms with Crippen LogP contribution in [0.4, 0.5) is 15.9 Å². The molecule has 1 aliphatic heterocycles. The minimum atomic E-state index is -0.312. The van der Waals surface area contributed by atoms with Crippen molar-refractivity contribution in [1.29, 1.82) is 0 Å². The highest BCUT2D eigenvalue weighted by Crippen LogP contribution is 2.24. The van der Waals surface area contributed by atoms with E-state index >= 15 is 0 Å². The third kappa shape index (κ3) is 3.49. The predicted molar refractivity (Wildman–Crippen MR) is 99.5 cm³/mol. The highest BCUT2D eigenvalue weighted by Gasteiger charge is 2.26. The van der Waals surface area contributed by atoms with Crippen LogP contribution in [0.2, 0.25) is 0 Å². The fraction of sp³-hybridized carbons (Fsp3) is 0.250. The monoisotopic (exact) mass is 350 g/mol. The minimum absolute atomic E-state index is 0.0131. The summed E-state index contributed by atoms with van der Waals surface area (Å²) in [6.45, 7) is 1.52. The molecule has 0 spiro atoms. The van der Waals surface area contributed by atoms with E-state index in [1.54, 1.807) is 18.3 Å². The molecule has 0 aliphatic carbocycles. The van der Waals surface area contributed by atoms with Crippen LogP contribution in [0.15, 0.2) is 54.7 Å². The van der Waals surface area contributed by atoms with Gasteiger partial charge in [0.2, 0.25) is 5.91 Å². The van der Waals surface area contributed by atoms with Crippen molar-refractivity contribution in [3.8, 4) is 0 Å². The lowest BCUT2D eigenvalue weighted by molar-refractivity contribution is -0.120. The fourth-order valence-corrected chi connectivity index (χ4v) is 3.25. The van der Waals surface area contributed by atoms with Crippen LogP contribution in [0.5, 0.6) is 0 Å². The van der Waals surface area contributed by atoms with E-state index in [2.05, 4.69) is 20.2 Å². The molecule has 1 saturated heterocycles. The van der Waals surface area contributed by atoms with Gasteiger partial charge in [-0.05, 0) is 49.2 Å². The molecular formula is C20H19FN4O. The summed E-state index contributed by atoms with van der Waals surface area (Å²) in [5.41, 5.74) is 2.38. The van der Waals surface area contributed by atoms with Gasteiger partial charge in [0.05, 0.1) is 17.2 Å². The molecule has 2 aromatic carbocycles. The maximum atomic E-state index is 13.0. The van der Waals surface area contributed by atoms with Crippen LogP contribution < -0.4 is 10.2 Å². The molecule has 0 saturated carbocycles. The number of hydrogen-bond acceptors (Lipinski definition) is 4. The zero-order valence-corrected chi connectivity index (χ0v) is 14.2. The molecule has 1 N–H and O–H groups in total. The van der Waals surface area contributed by atoms with Gasteiger partial charge in [-0.1, -0.05) is 12.1 Å². The molecule has 0 unspecified atom stereocenters. The molecule has 1 fully saturated rings. The molecule has 1 amide bonds. The van der Waals surface area contributed by atoms with E-state index in [-0.39, 0.29) is 17.6 Å². The van der Waals surface area contributed by atoms with Crippen molar-refractivity contribution in [1.82, 2.24) is 9.97 Å². The molecule has 0 radical (unpaired) electrons. The molecule has 132 valence electrons. The van der Waals surface area contributed by atoms with E-state index in [0.717, 1.165) is 42.8 Å². The van der Waals surface area contributed by atoms with E-state index in [1.165, 1.54) is 12.1 Å². The third-order valence-corrected chi connectivity index (χ3v) is 4.74. The van der Waals surface area contributed by atoms with Gasteiger partial charge in [-0.2, -0.15) is 0 Å². The smallest absolute Gasteiger partial charge is 0.227 e. The van der Waals surface area contributed by atoms with E-state index in [9.17, 15) is 9.18 Å². The van der Waals surface area contributed by atoms with Crippen LogP contribution >= 0.6 is 0 Å². The van der Waals surface area contributed by atoms with E-state index in [4.69, 9.17) is 0 Å². The number of nitrogens with one attached hydrogen (secondary N) is 1. The number of fused-ring (bicyclic) bond motifs is 1. The van der Waals surface area contributed by atoms with Crippen molar-refractivity contribution in [2.45, 2.75) is 12.8 Å². The van der Waals surface area contributed by atoms with Gasteiger partial charge in [-0.15, -0.1) is 0 Å². The Balaban J connectivity index is 1.38. The number of para-hydroxylation sites is 2. The summed E-state index contributed by atoms with van der Waals surface area (Å²) >= 11 is 0. The summed E-state index contributed by atoms with van der Waals surface area (Å²) in [7, 11) is 0. The van der Waals surface area contributed by atoms with Crippen LogP contribution in [0.25, 0.3) is 11.0 Å². The Morgan fingerprint density at radius 2 is 1.73 bits per heavy atom. The number of amides is 1. The summed E-state index contributed by atoms with van der Waals surface area (Å²) in [6.07, 6.45) is 3.30. The second-order valence-electron chi connectivity index (χ2n) is 6.47. The molecule has 0 bridgehead atoms. The molecule has 1 aliphatic rings. The van der Waals surface area contributed by atoms with Crippen LogP contribution in [-0.2, 0) is 4.79 Å². The fourth-order valence-electron chi connectivity index (χ4n) is 3.25. The van der Waals surface area contributed by atoms with Crippen molar-refractivity contribution in [3.05, 3.63) is 60.5 Å². The normalized spacial score (nSPS) is 15.2. The first-order valence-electron chi connectivity index (χ1n) is 8.72. The first kappa shape index (κ1) is 16.4. The Kier molecular flexibility index (Phi) is 4.48. The highest BCUT2D eigenvalue weighted by atomic mass is 19.1. The van der Waals surface area contributed by atoms with Gasteiger partial charge < -0.3 is 10.2 Å². The number of piperidine rings is 1. The molecule has 5 nitrogen and oxygen atoms in total. The average Bonchev–Trinajstić information content (AvgIpc) is 2.69. The molecule has 6 heteroatoms. The van der Waals surface area contributed by atoms with E-state index in [0.29, 0.717) is 5.69 Å². The minimum Gasteiger partial charge on any atom is -0.355 e. The number of carbonyl (C=O) groups excluding carboxylic acids is 1. The number of halogens is 1. The van der Waals surface area contributed by atoms with Gasteiger partial charge in [-0.3, -0.25) is 9.78 Å². The maximum Gasteiger partial charge on any atom is 0.227 e. The Morgan fingerprint density at radius 3 is 2.46 bits per heavy atom. The molecule has 2 heterocycles. The second-order valence-corrected chi connectivity index (χ2v) is 6.47. The first-order valence-corrected chi connectivity index (χ1v) is 8.72. The van der Waals surface area contributed by atoms with Gasteiger partial charge in [0, 0.05) is 24.7 Å². The van der Waals surface area contributed by atoms with Crippen LogP contribution in [0.1, 0.15) is 12.8 Å². The predicted octanol–water partition coefficient (Wildman–Crippen LogP) is 3.62. The number of hydrogen-bond donors (Lipinski definition) is 1. The molecular weight excluding hydrogens is 331 g/mol. The van der Waals surface area contributed by atoms with Crippen molar-refractivity contribution in [3.63, 3.8) is 0 Å². The van der Waals surface area contributed by atoms with Crippen molar-refractivity contribution >= 4 is 28.4 Å². The van der Waals surface area contributed by atoms with Gasteiger partial charge in [0.1, 0.15) is 11.6 Å². The van der Waals surface area contributed by atoms with Crippen molar-refractivity contribution < 1.29 is 9.18 Å². The summed E-state index contributed by atoms with van der Waals surface area (Å²) in [5, 5.41) is 2.87. The Labute approximate surface area is 150 Å². The highest BCUT2D eigenvalue weighted by molar-refractivity contribution is 5.92. The van der Waals surface area contributed by atoms with Crippen LogP contribution in [0, 0.1) is 11.7 Å². The van der Waals surface area contributed by atoms with Crippen molar-refractivity contribution in [2.75, 3.05) is 23.3 Å². The summed E-state index contributed by atoms with van der Waals surface area (Å²) < 4.78 is 13.0. The standard InChI is InChI=1S/C20H19FN4O/c21-15-5-7-16(8-6-15)23-20(26)14-9-11-25(12-10-14)19-13-22-17-3-1-2-4-18(17)24-19/h1-8,13-14H,9-12H2,(H,23,26). The molecule has 1 aromatic heterocycles. The van der Waals surface area contributed by atoms with Crippen LogP contribution in [0.3, 0.4) is 0 Å². The number of anilines is 2. The van der Waals surface area contributed by atoms with E-state index in [1.807, 2.05) is 24.3 Å². The van der Waals surface area contributed by atoms with Gasteiger partial charge in [0.15, 0.2) is 0 Å². The molecule has 26 heavy (non-hydrogen) atoms. The second kappa shape index (κ2) is 7.07. The van der Waals surface area contributed by atoms with Gasteiger partial charge >= 0.3 is 0 Å². The molecule has 0 atom stereocenters. The topological polar surface area (TPSA) is 58.1 Å². The quantitative estimate of drug-likeness (QED) is 0.784. The molecule has 3 aromatic rings. The molecule has 4 rings (SSSR count). The number of aromatic nitrogens is 2. The number of carbonyl (C=O) groups is 1. The zero-order chi connectivity index (χ0) is 17.9.